The molecule has 6 aromatic rings. The molecule has 4 aromatic heterocycles. The van der Waals surface area contributed by atoms with Crippen LogP contribution in [-0.4, -0.2) is 148 Å². The van der Waals surface area contributed by atoms with Crippen LogP contribution in [0.4, 0.5) is 58.7 Å². The Hall–Kier alpha value is -8.02. The number of halogens is 7. The average Bonchev–Trinajstić information content (AvgIpc) is 1.87. The zero-order valence-corrected chi connectivity index (χ0v) is 49.9. The molecule has 3 aliphatic heterocycles. The number of anilines is 4. The summed E-state index contributed by atoms with van der Waals surface area (Å²) < 4.78 is 99.6. The molecule has 30 heteroatoms. The van der Waals surface area contributed by atoms with Crippen LogP contribution < -0.4 is 31.6 Å². The fraction of sp³-hybridized carbons (Fsp3) is 0.491. The molecule has 0 saturated carbocycles. The highest BCUT2D eigenvalue weighted by Crippen LogP contribution is 2.32. The smallest absolute Gasteiger partial charge is 0.416 e. The summed E-state index contributed by atoms with van der Waals surface area (Å²) in [5.74, 6) is -0.478. The van der Waals surface area contributed by atoms with Crippen LogP contribution in [0.25, 0.3) is 17.1 Å². The van der Waals surface area contributed by atoms with Crippen LogP contribution >= 0.6 is 15.9 Å². The second-order valence-corrected chi connectivity index (χ2v) is 23.3. The SMILES string of the molecule is Cc1c(N2CCN(C(=O)OC(C)(C)C)[C@H](C)C2)c(=O)n2nc(Br)nc2n1CC(=O)Nc1ccc(C(F)(F)F)cc1.Cc1c(N2CCN(C(=O)OC(C)(C)C)[C@H](C)C2)c(=O)n2nc(C3=CCOCC3)nc2n1CC(=O)Nc1ccc(C(F)(F)F)cc1. The van der Waals surface area contributed by atoms with Gasteiger partial charge in [-0.1, -0.05) is 6.08 Å². The minimum atomic E-state index is -4.50. The van der Waals surface area contributed by atoms with Gasteiger partial charge in [-0.2, -0.15) is 45.3 Å². The van der Waals surface area contributed by atoms with E-state index in [9.17, 15) is 55.1 Å². The molecular weight excluding hydrogens is 1190 g/mol. The molecule has 2 fully saturated rings. The minimum Gasteiger partial charge on any atom is -0.444 e. The van der Waals surface area contributed by atoms with E-state index in [1.165, 1.54) is 33.3 Å². The number of benzene rings is 2. The van der Waals surface area contributed by atoms with Crippen molar-refractivity contribution in [2.75, 3.05) is 72.9 Å². The van der Waals surface area contributed by atoms with E-state index in [1.807, 2.05) is 29.7 Å². The van der Waals surface area contributed by atoms with Crippen molar-refractivity contribution in [2.45, 2.75) is 124 Å². The molecule has 0 bridgehead atoms. The molecule has 7 heterocycles. The van der Waals surface area contributed by atoms with Gasteiger partial charge in [-0.15, -0.1) is 10.2 Å². The average molecular weight is 1260 g/mol. The molecule has 0 radical (unpaired) electrons. The molecule has 23 nitrogen and oxygen atoms in total. The van der Waals surface area contributed by atoms with Gasteiger partial charge in [0, 0.05) is 74.1 Å². The minimum absolute atomic E-state index is 0.112. The maximum absolute atomic E-state index is 14.0. The number of carbonyl (C=O) groups excluding carboxylic acids is 4. The first-order valence-electron chi connectivity index (χ1n) is 27.0. The fourth-order valence-electron chi connectivity index (χ4n) is 9.92. The number of nitrogens with zero attached hydrogens (tertiary/aromatic N) is 12. The normalized spacial score (nSPS) is 17.1. The third-order valence-corrected chi connectivity index (χ3v) is 14.2. The predicted octanol–water partition coefficient (Wildman–Crippen LogP) is 8.17. The number of piperazine rings is 2. The van der Waals surface area contributed by atoms with E-state index in [2.05, 4.69) is 46.7 Å². The summed E-state index contributed by atoms with van der Waals surface area (Å²) in [6.07, 6.45) is -7.48. The fourth-order valence-corrected chi connectivity index (χ4v) is 10.2. The van der Waals surface area contributed by atoms with Crippen LogP contribution in [0.5, 0.6) is 0 Å². The number of aromatic nitrogens is 8. The number of fused-ring (bicyclic) bond motifs is 2. The van der Waals surface area contributed by atoms with E-state index in [0.29, 0.717) is 87.5 Å². The summed E-state index contributed by atoms with van der Waals surface area (Å²) in [6, 6.07) is 7.65. The van der Waals surface area contributed by atoms with Gasteiger partial charge in [0.1, 0.15) is 35.7 Å². The van der Waals surface area contributed by atoms with Crippen molar-refractivity contribution < 1.29 is 59.7 Å². The molecular formula is C55H65BrF6N14O9. The zero-order valence-electron chi connectivity index (χ0n) is 48.3. The molecule has 0 spiro atoms. The van der Waals surface area contributed by atoms with Crippen molar-refractivity contribution in [1.82, 2.24) is 48.1 Å². The molecule has 9 rings (SSSR count). The number of amides is 4. The van der Waals surface area contributed by atoms with Gasteiger partial charge in [0.05, 0.1) is 24.3 Å². The Morgan fingerprint density at radius 3 is 1.42 bits per heavy atom. The van der Waals surface area contributed by atoms with Gasteiger partial charge < -0.3 is 53.6 Å². The Labute approximate surface area is 491 Å². The first-order chi connectivity index (χ1) is 39.7. The standard InChI is InChI=1S/C30H36F3N7O5.C25H29BrF3N7O4/c1-18-16-37(12-13-38(18)28(43)45-29(3,4)5)24-19(2)39(17-23(41)34-22-8-6-21(7-9-22)30(31,32)33)27-35-25(36-40(27)26(24)42)20-10-14-44-15-11-20;1-14-12-33(10-11-34(14)23(39)40-24(3,4)5)19-15(2)35(22-31-21(26)32-36(22)20(19)38)13-18(37)30-17-8-6-16(7-9-17)25(27,28)29/h6-10,18H,11-17H2,1-5H3,(H,34,41);6-9,14H,10-13H2,1-5H3,(H,30,37)/t18-;14-/m11/s1. The van der Waals surface area contributed by atoms with Crippen molar-refractivity contribution in [3.8, 4) is 0 Å². The molecule has 458 valence electrons. The number of ether oxygens (including phenoxy) is 3. The van der Waals surface area contributed by atoms with Gasteiger partial charge in [0.2, 0.25) is 28.1 Å². The van der Waals surface area contributed by atoms with Gasteiger partial charge >= 0.3 is 24.5 Å². The molecule has 85 heavy (non-hydrogen) atoms. The molecule has 2 aromatic carbocycles. The van der Waals surface area contributed by atoms with E-state index in [1.54, 1.807) is 69.8 Å². The van der Waals surface area contributed by atoms with E-state index in [-0.39, 0.29) is 52.8 Å². The summed E-state index contributed by atoms with van der Waals surface area (Å²) in [6.45, 7) is 20.0. The lowest BCUT2D eigenvalue weighted by Gasteiger charge is -2.41. The zero-order chi connectivity index (χ0) is 62.2. The Morgan fingerprint density at radius 2 is 1.05 bits per heavy atom. The molecule has 2 saturated heterocycles. The number of nitrogens with one attached hydrogen (secondary N) is 2. The largest absolute Gasteiger partial charge is 0.444 e. The third kappa shape index (κ3) is 14.7. The van der Waals surface area contributed by atoms with Gasteiger partial charge in [-0.3, -0.25) is 19.2 Å². The quantitative estimate of drug-likeness (QED) is 0.130. The number of carbonyl (C=O) groups is 4. The topological polar surface area (TPSA) is 237 Å². The lowest BCUT2D eigenvalue weighted by Crippen LogP contribution is -2.56. The number of hydrogen-bond acceptors (Lipinski definition) is 15. The van der Waals surface area contributed by atoms with Crippen molar-refractivity contribution in [2.24, 2.45) is 0 Å². The Balaban J connectivity index is 0.000000223. The third-order valence-electron chi connectivity index (χ3n) is 13.9. The first kappa shape index (κ1) is 63.0. The van der Waals surface area contributed by atoms with Crippen molar-refractivity contribution >= 4 is 79.8 Å². The number of alkyl halides is 6. The predicted molar refractivity (Wildman–Crippen MR) is 304 cm³/mol. The number of hydrogen-bond donors (Lipinski definition) is 2. The maximum Gasteiger partial charge on any atom is 0.416 e. The summed E-state index contributed by atoms with van der Waals surface area (Å²) in [5.41, 5.74) is -1.17. The van der Waals surface area contributed by atoms with E-state index >= 15 is 0 Å². The van der Waals surface area contributed by atoms with Crippen LogP contribution in [0.3, 0.4) is 0 Å². The summed E-state index contributed by atoms with van der Waals surface area (Å²) in [4.78, 5) is 94.9. The van der Waals surface area contributed by atoms with Crippen LogP contribution in [0.15, 0.2) is 68.9 Å². The summed E-state index contributed by atoms with van der Waals surface area (Å²) in [7, 11) is 0. The van der Waals surface area contributed by atoms with Crippen LogP contribution in [0.2, 0.25) is 0 Å². The van der Waals surface area contributed by atoms with Gasteiger partial charge in [-0.25, -0.2) is 9.59 Å². The molecule has 0 aliphatic carbocycles. The number of rotatable bonds is 9. The van der Waals surface area contributed by atoms with E-state index in [0.717, 1.165) is 34.4 Å². The molecule has 0 unspecified atom stereocenters. The van der Waals surface area contributed by atoms with Crippen LogP contribution in [0, 0.1) is 13.8 Å². The highest BCUT2D eigenvalue weighted by atomic mass is 79.9. The van der Waals surface area contributed by atoms with Gasteiger partial charge in [0.25, 0.3) is 11.1 Å². The van der Waals surface area contributed by atoms with Crippen molar-refractivity contribution in [3.63, 3.8) is 0 Å². The van der Waals surface area contributed by atoms with Crippen LogP contribution in [-0.2, 0) is 49.2 Å². The Morgan fingerprint density at radius 1 is 0.635 bits per heavy atom. The van der Waals surface area contributed by atoms with Crippen molar-refractivity contribution in [3.05, 3.63) is 108 Å². The molecule has 2 N–H and O–H groups in total. The maximum atomic E-state index is 14.0. The summed E-state index contributed by atoms with van der Waals surface area (Å²) >= 11 is 3.18. The van der Waals surface area contributed by atoms with E-state index in [4.69, 9.17) is 14.2 Å². The Kier molecular flexibility index (Phi) is 18.2. The second-order valence-electron chi connectivity index (χ2n) is 22.6. The lowest BCUT2D eigenvalue weighted by atomic mass is 10.1. The van der Waals surface area contributed by atoms with Crippen LogP contribution in [0.1, 0.15) is 90.1 Å². The van der Waals surface area contributed by atoms with Crippen molar-refractivity contribution in [1.29, 1.82) is 0 Å². The Bertz CT molecular complexity index is 3660. The highest BCUT2D eigenvalue weighted by Gasteiger charge is 2.37. The second kappa shape index (κ2) is 24.5. The van der Waals surface area contributed by atoms with Gasteiger partial charge in [0.15, 0.2) is 5.82 Å². The summed E-state index contributed by atoms with van der Waals surface area (Å²) in [5, 5.41) is 13.9. The molecule has 4 amide bonds. The highest BCUT2D eigenvalue weighted by molar-refractivity contribution is 9.10. The lowest BCUT2D eigenvalue weighted by molar-refractivity contribution is -0.138. The molecule has 3 aliphatic rings. The molecule has 2 atom stereocenters. The van der Waals surface area contributed by atoms with Gasteiger partial charge in [-0.05, 0) is 146 Å². The van der Waals surface area contributed by atoms with E-state index < -0.39 is 69.8 Å². The monoisotopic (exact) mass is 1260 g/mol. The first-order valence-corrected chi connectivity index (χ1v) is 27.8.